The minimum atomic E-state index is -0.379. The zero-order valence-electron chi connectivity index (χ0n) is 16.0. The molecule has 3 nitrogen and oxygen atoms in total. The van der Waals surface area contributed by atoms with Gasteiger partial charge >= 0.3 is 5.97 Å². The summed E-state index contributed by atoms with van der Waals surface area (Å²) in [4.78, 5) is 12.5. The molecule has 136 valence electrons. The van der Waals surface area contributed by atoms with Gasteiger partial charge in [-0.05, 0) is 69.6 Å². The number of methoxy groups -OCH3 is 1. The number of rotatable bonds is 5. The summed E-state index contributed by atoms with van der Waals surface area (Å²) >= 11 is 0. The lowest BCUT2D eigenvalue weighted by Gasteiger charge is -2.53. The monoisotopic (exact) mass is 334 g/mol. The Hall–Kier alpha value is -1.09. The molecule has 0 bridgehead atoms. The molecule has 24 heavy (non-hydrogen) atoms. The summed E-state index contributed by atoms with van der Waals surface area (Å²) in [7, 11) is 1.51. The number of ether oxygens (including phenoxy) is 1. The van der Waals surface area contributed by atoms with Gasteiger partial charge in [-0.15, -0.1) is 0 Å². The number of fused-ring (bicyclic) bond motifs is 1. The molecule has 2 aliphatic rings. The quantitative estimate of drug-likeness (QED) is 0.587. The fourth-order valence-electron chi connectivity index (χ4n) is 4.90. The predicted molar refractivity (Wildman–Crippen MR) is 97.5 cm³/mol. The van der Waals surface area contributed by atoms with E-state index in [1.165, 1.54) is 18.3 Å². The highest BCUT2D eigenvalue weighted by Crippen LogP contribution is 2.58. The topological polar surface area (TPSA) is 46.5 Å². The first-order valence-electron chi connectivity index (χ1n) is 9.35. The highest BCUT2D eigenvalue weighted by atomic mass is 16.5. The van der Waals surface area contributed by atoms with Gasteiger partial charge in [0, 0.05) is 0 Å². The number of carbonyl (C=O) groups excluding carboxylic acids is 1. The van der Waals surface area contributed by atoms with Crippen molar-refractivity contribution in [1.82, 2.24) is 0 Å². The SMILES string of the molecule is COC(=O)C1(C)CCC=C2C1CCC(C)C2(C)CCC(C)=CCO. The van der Waals surface area contributed by atoms with Crippen LogP contribution in [0.5, 0.6) is 0 Å². The van der Waals surface area contributed by atoms with Crippen LogP contribution in [0.25, 0.3) is 0 Å². The standard InChI is InChI=1S/C21H34O3/c1-15(11-14-22)10-13-20(3)16(2)8-9-18-17(20)7-6-12-21(18,4)19(23)24-5/h7,11,16,18,22H,6,8-10,12-14H2,1-5H3. The highest BCUT2D eigenvalue weighted by Gasteiger charge is 2.52. The third kappa shape index (κ3) is 3.33. The number of carbonyl (C=O) groups is 1. The summed E-state index contributed by atoms with van der Waals surface area (Å²) in [6, 6.07) is 0. The second kappa shape index (κ2) is 7.43. The first-order chi connectivity index (χ1) is 11.3. The number of hydrogen-bond donors (Lipinski definition) is 1. The van der Waals surface area contributed by atoms with Gasteiger partial charge in [-0.2, -0.15) is 0 Å². The van der Waals surface area contributed by atoms with Crippen molar-refractivity contribution in [2.75, 3.05) is 13.7 Å². The summed E-state index contributed by atoms with van der Waals surface area (Å²) in [5.41, 5.74) is 2.48. The molecule has 1 fully saturated rings. The van der Waals surface area contributed by atoms with Crippen LogP contribution in [0.4, 0.5) is 0 Å². The number of aliphatic hydroxyl groups is 1. The molecule has 1 saturated carbocycles. The van der Waals surface area contributed by atoms with Crippen LogP contribution in [0.15, 0.2) is 23.3 Å². The summed E-state index contributed by atoms with van der Waals surface area (Å²) in [6.45, 7) is 9.04. The second-order valence-electron chi connectivity index (χ2n) is 8.29. The Morgan fingerprint density at radius 3 is 2.75 bits per heavy atom. The lowest BCUT2D eigenvalue weighted by molar-refractivity contribution is -0.156. The molecule has 4 unspecified atom stereocenters. The molecule has 4 atom stereocenters. The van der Waals surface area contributed by atoms with Crippen molar-refractivity contribution in [1.29, 1.82) is 0 Å². The van der Waals surface area contributed by atoms with Crippen LogP contribution in [0.2, 0.25) is 0 Å². The maximum atomic E-state index is 12.5. The van der Waals surface area contributed by atoms with E-state index in [9.17, 15) is 4.79 Å². The van der Waals surface area contributed by atoms with Gasteiger partial charge < -0.3 is 9.84 Å². The van der Waals surface area contributed by atoms with Crippen LogP contribution < -0.4 is 0 Å². The van der Waals surface area contributed by atoms with Crippen molar-refractivity contribution in [2.24, 2.45) is 22.7 Å². The van der Waals surface area contributed by atoms with Crippen molar-refractivity contribution >= 4 is 5.97 Å². The van der Waals surface area contributed by atoms with Gasteiger partial charge in [0.25, 0.3) is 0 Å². The van der Waals surface area contributed by atoms with Crippen LogP contribution >= 0.6 is 0 Å². The fraction of sp³-hybridized carbons (Fsp3) is 0.762. The molecule has 0 saturated heterocycles. The Morgan fingerprint density at radius 1 is 1.42 bits per heavy atom. The average Bonchev–Trinajstić information content (AvgIpc) is 2.56. The van der Waals surface area contributed by atoms with Gasteiger partial charge in [0.05, 0.1) is 19.1 Å². The molecule has 0 radical (unpaired) electrons. The molecule has 0 spiro atoms. The van der Waals surface area contributed by atoms with Gasteiger partial charge in [0.2, 0.25) is 0 Å². The van der Waals surface area contributed by atoms with Crippen LogP contribution in [0.1, 0.15) is 66.2 Å². The van der Waals surface area contributed by atoms with Crippen LogP contribution in [0.3, 0.4) is 0 Å². The lowest BCUT2D eigenvalue weighted by Crippen LogP contribution is -2.47. The molecule has 0 amide bonds. The van der Waals surface area contributed by atoms with Gasteiger partial charge in [-0.1, -0.05) is 37.1 Å². The third-order valence-corrected chi connectivity index (χ3v) is 6.94. The molecule has 1 N–H and O–H groups in total. The molecule has 0 aromatic heterocycles. The smallest absolute Gasteiger partial charge is 0.312 e. The normalized spacial score (nSPS) is 36.8. The predicted octanol–water partition coefficient (Wildman–Crippen LogP) is 4.66. The van der Waals surface area contributed by atoms with E-state index in [0.29, 0.717) is 11.8 Å². The summed E-state index contributed by atoms with van der Waals surface area (Å²) < 4.78 is 5.16. The number of hydrogen-bond acceptors (Lipinski definition) is 3. The molecular formula is C21H34O3. The summed E-state index contributed by atoms with van der Waals surface area (Å²) in [5, 5.41) is 9.09. The Kier molecular flexibility index (Phi) is 5.95. The molecular weight excluding hydrogens is 300 g/mol. The molecule has 0 aliphatic heterocycles. The van der Waals surface area contributed by atoms with Crippen LogP contribution in [-0.4, -0.2) is 24.8 Å². The minimum Gasteiger partial charge on any atom is -0.469 e. The number of esters is 1. The Labute approximate surface area is 147 Å². The van der Waals surface area contributed by atoms with Crippen molar-refractivity contribution in [3.63, 3.8) is 0 Å². The Morgan fingerprint density at radius 2 is 2.12 bits per heavy atom. The van der Waals surface area contributed by atoms with Crippen molar-refractivity contribution in [3.05, 3.63) is 23.3 Å². The fourth-order valence-corrected chi connectivity index (χ4v) is 4.90. The third-order valence-electron chi connectivity index (χ3n) is 6.94. The minimum absolute atomic E-state index is 0.0497. The molecule has 2 rings (SSSR count). The van der Waals surface area contributed by atoms with Crippen molar-refractivity contribution in [3.8, 4) is 0 Å². The van der Waals surface area contributed by atoms with Gasteiger partial charge in [0.1, 0.15) is 0 Å². The van der Waals surface area contributed by atoms with Crippen molar-refractivity contribution in [2.45, 2.75) is 66.2 Å². The maximum absolute atomic E-state index is 12.5. The van der Waals surface area contributed by atoms with E-state index in [1.54, 1.807) is 0 Å². The first kappa shape index (κ1) is 19.2. The van der Waals surface area contributed by atoms with Gasteiger partial charge in [-0.25, -0.2) is 0 Å². The van der Waals surface area contributed by atoms with E-state index in [0.717, 1.165) is 38.5 Å². The first-order valence-corrected chi connectivity index (χ1v) is 9.35. The summed E-state index contributed by atoms with van der Waals surface area (Å²) in [6.07, 6.45) is 10.5. The molecule has 2 aliphatic carbocycles. The van der Waals surface area contributed by atoms with Gasteiger partial charge in [0.15, 0.2) is 0 Å². The van der Waals surface area contributed by atoms with E-state index in [2.05, 4.69) is 33.8 Å². The maximum Gasteiger partial charge on any atom is 0.312 e. The molecule has 0 heterocycles. The van der Waals surface area contributed by atoms with E-state index < -0.39 is 0 Å². The largest absolute Gasteiger partial charge is 0.469 e. The lowest BCUT2D eigenvalue weighted by atomic mass is 9.51. The molecule has 3 heteroatoms. The zero-order valence-corrected chi connectivity index (χ0v) is 16.0. The van der Waals surface area contributed by atoms with E-state index in [1.807, 2.05) is 6.08 Å². The second-order valence-corrected chi connectivity index (χ2v) is 8.29. The van der Waals surface area contributed by atoms with Gasteiger partial charge in [-0.3, -0.25) is 4.79 Å². The number of allylic oxidation sites excluding steroid dienone is 3. The number of aliphatic hydroxyl groups excluding tert-OH is 1. The molecule has 0 aromatic rings. The average molecular weight is 335 g/mol. The highest BCUT2D eigenvalue weighted by molar-refractivity contribution is 5.77. The van der Waals surface area contributed by atoms with E-state index in [4.69, 9.17) is 9.84 Å². The van der Waals surface area contributed by atoms with Crippen LogP contribution in [0, 0.1) is 22.7 Å². The zero-order chi connectivity index (χ0) is 18.0. The Balaban J connectivity index is 2.30. The summed E-state index contributed by atoms with van der Waals surface area (Å²) in [5.74, 6) is 0.871. The molecule has 0 aromatic carbocycles. The van der Waals surface area contributed by atoms with Crippen LogP contribution in [-0.2, 0) is 9.53 Å². The van der Waals surface area contributed by atoms with Crippen molar-refractivity contribution < 1.29 is 14.6 Å². The van der Waals surface area contributed by atoms with E-state index >= 15 is 0 Å². The Bertz CT molecular complexity index is 533. The van der Waals surface area contributed by atoms with E-state index in [-0.39, 0.29) is 23.4 Å².